The van der Waals surface area contributed by atoms with Gasteiger partial charge in [-0.2, -0.15) is 0 Å². The average molecular weight is 474 g/mol. The van der Waals surface area contributed by atoms with Gasteiger partial charge in [-0.1, -0.05) is 65.0 Å². The largest absolute Gasteiger partial charge is 0.507 e. The Kier molecular flexibility index (Phi) is 6.26. The van der Waals surface area contributed by atoms with Gasteiger partial charge in [-0.05, 0) is 64.6 Å². The average Bonchev–Trinajstić information content (AvgIpc) is 3.40. The van der Waals surface area contributed by atoms with E-state index < -0.39 is 17.7 Å². The quantitative estimate of drug-likeness (QED) is 0.250. The third-order valence-electron chi connectivity index (χ3n) is 6.45. The fourth-order valence-corrected chi connectivity index (χ4v) is 5.15. The second kappa shape index (κ2) is 8.88. The van der Waals surface area contributed by atoms with E-state index in [2.05, 4.69) is 34.6 Å². The molecule has 1 aliphatic heterocycles. The third kappa shape index (κ3) is 4.21. The van der Waals surface area contributed by atoms with E-state index in [4.69, 9.17) is 0 Å². The van der Waals surface area contributed by atoms with Crippen LogP contribution in [0.2, 0.25) is 0 Å². The van der Waals surface area contributed by atoms with E-state index >= 15 is 0 Å². The Balaban J connectivity index is 1.91. The number of hydrogen-bond donors (Lipinski definition) is 1. The normalized spacial score (nSPS) is 18.2. The second-order valence-electron chi connectivity index (χ2n) is 10.2. The highest BCUT2D eigenvalue weighted by Gasteiger charge is 2.47. The van der Waals surface area contributed by atoms with Gasteiger partial charge in [0.25, 0.3) is 11.7 Å². The molecule has 1 amide bonds. The van der Waals surface area contributed by atoms with E-state index in [0.29, 0.717) is 17.2 Å². The SMILES string of the molecule is Cc1ccc(C(C)(C)C)cc1/C(O)=C1\C(=O)C(=O)N(c2ccc(C(C)C)cc2)C1c1cccs1. The van der Waals surface area contributed by atoms with Crippen LogP contribution in [0.25, 0.3) is 5.76 Å². The van der Waals surface area contributed by atoms with Gasteiger partial charge in [-0.15, -0.1) is 11.3 Å². The summed E-state index contributed by atoms with van der Waals surface area (Å²) in [5.74, 6) is -1.05. The Morgan fingerprint density at radius 2 is 1.71 bits per heavy atom. The van der Waals surface area contributed by atoms with Crippen LogP contribution in [0.15, 0.2) is 65.6 Å². The number of Topliss-reactive ketones (excluding diaryl/α,β-unsaturated/α-hetero) is 1. The Morgan fingerprint density at radius 3 is 2.26 bits per heavy atom. The van der Waals surface area contributed by atoms with Crippen LogP contribution in [0.3, 0.4) is 0 Å². The maximum absolute atomic E-state index is 13.4. The van der Waals surface area contributed by atoms with Crippen molar-refractivity contribution in [2.24, 2.45) is 0 Å². The molecule has 176 valence electrons. The van der Waals surface area contributed by atoms with E-state index in [0.717, 1.165) is 21.6 Å². The maximum atomic E-state index is 13.4. The highest BCUT2D eigenvalue weighted by molar-refractivity contribution is 7.10. The fraction of sp³-hybridized carbons (Fsp3) is 0.310. The summed E-state index contributed by atoms with van der Waals surface area (Å²) in [7, 11) is 0. The summed E-state index contributed by atoms with van der Waals surface area (Å²) in [5.41, 5.74) is 4.29. The van der Waals surface area contributed by atoms with Crippen molar-refractivity contribution < 1.29 is 14.7 Å². The van der Waals surface area contributed by atoms with Crippen LogP contribution >= 0.6 is 11.3 Å². The minimum Gasteiger partial charge on any atom is -0.507 e. The van der Waals surface area contributed by atoms with E-state index in [1.807, 2.05) is 66.9 Å². The first-order chi connectivity index (χ1) is 16.0. The van der Waals surface area contributed by atoms with Crippen LogP contribution in [-0.4, -0.2) is 16.8 Å². The van der Waals surface area contributed by atoms with Crippen LogP contribution in [-0.2, 0) is 15.0 Å². The zero-order chi connectivity index (χ0) is 24.8. The molecule has 0 saturated carbocycles. The Morgan fingerprint density at radius 1 is 1.03 bits per heavy atom. The van der Waals surface area contributed by atoms with E-state index in [9.17, 15) is 14.7 Å². The number of thiophene rings is 1. The number of carbonyl (C=O) groups excluding carboxylic acids is 2. The van der Waals surface area contributed by atoms with Gasteiger partial charge in [0.1, 0.15) is 11.8 Å². The topological polar surface area (TPSA) is 57.6 Å². The number of hydrogen-bond acceptors (Lipinski definition) is 4. The molecule has 0 spiro atoms. The molecule has 4 rings (SSSR count). The number of nitrogens with zero attached hydrogens (tertiary/aromatic N) is 1. The van der Waals surface area contributed by atoms with E-state index in [-0.39, 0.29) is 16.7 Å². The van der Waals surface area contributed by atoms with Crippen molar-refractivity contribution in [1.29, 1.82) is 0 Å². The number of aryl methyl sites for hydroxylation is 1. The van der Waals surface area contributed by atoms with Crippen molar-refractivity contribution in [3.05, 3.63) is 92.7 Å². The van der Waals surface area contributed by atoms with Gasteiger partial charge in [0, 0.05) is 16.1 Å². The molecule has 1 aromatic heterocycles. The molecule has 1 aliphatic rings. The molecule has 2 aromatic carbocycles. The minimum atomic E-state index is -0.678. The van der Waals surface area contributed by atoms with Crippen LogP contribution in [0.4, 0.5) is 5.69 Å². The van der Waals surface area contributed by atoms with E-state index in [1.54, 1.807) is 0 Å². The summed E-state index contributed by atoms with van der Waals surface area (Å²) in [6.07, 6.45) is 0. The van der Waals surface area contributed by atoms with Crippen molar-refractivity contribution in [3.8, 4) is 0 Å². The number of rotatable bonds is 4. The number of aliphatic hydroxyl groups excluding tert-OH is 1. The number of anilines is 1. The van der Waals surface area contributed by atoms with Crippen LogP contribution in [0, 0.1) is 6.92 Å². The van der Waals surface area contributed by atoms with Crippen molar-refractivity contribution >= 4 is 34.5 Å². The molecule has 1 saturated heterocycles. The first kappa shape index (κ1) is 24.0. The molecule has 34 heavy (non-hydrogen) atoms. The molecule has 0 bridgehead atoms. The first-order valence-electron chi connectivity index (χ1n) is 11.6. The van der Waals surface area contributed by atoms with Crippen LogP contribution in [0.1, 0.15) is 73.7 Å². The van der Waals surface area contributed by atoms with Gasteiger partial charge in [0.05, 0.1) is 5.57 Å². The molecule has 2 heterocycles. The van der Waals surface area contributed by atoms with Gasteiger partial charge in [0.15, 0.2) is 0 Å². The molecule has 0 aliphatic carbocycles. The Bertz CT molecular complexity index is 1260. The summed E-state index contributed by atoms with van der Waals surface area (Å²) in [4.78, 5) is 29.0. The lowest BCUT2D eigenvalue weighted by atomic mass is 9.84. The number of ketones is 1. The second-order valence-corrected chi connectivity index (χ2v) is 11.2. The number of benzene rings is 2. The molecule has 1 N–H and O–H groups in total. The molecule has 1 fully saturated rings. The summed E-state index contributed by atoms with van der Waals surface area (Å²) in [6, 6.07) is 16.8. The minimum absolute atomic E-state index is 0.123. The lowest BCUT2D eigenvalue weighted by Crippen LogP contribution is -2.29. The Labute approximate surface area is 205 Å². The molecule has 5 heteroatoms. The number of amides is 1. The van der Waals surface area contributed by atoms with E-state index in [1.165, 1.54) is 16.2 Å². The summed E-state index contributed by atoms with van der Waals surface area (Å²) in [5, 5.41) is 13.4. The Hall–Kier alpha value is -3.18. The van der Waals surface area contributed by atoms with Gasteiger partial charge in [-0.25, -0.2) is 0 Å². The predicted molar refractivity (Wildman–Crippen MR) is 140 cm³/mol. The molecule has 1 atom stereocenters. The molecule has 1 unspecified atom stereocenters. The zero-order valence-corrected chi connectivity index (χ0v) is 21.4. The van der Waals surface area contributed by atoms with Crippen molar-refractivity contribution in [2.75, 3.05) is 4.90 Å². The summed E-state index contributed by atoms with van der Waals surface area (Å²) >= 11 is 1.47. The third-order valence-corrected chi connectivity index (χ3v) is 7.38. The lowest BCUT2D eigenvalue weighted by molar-refractivity contribution is -0.132. The number of carbonyl (C=O) groups is 2. The van der Waals surface area contributed by atoms with Crippen molar-refractivity contribution in [1.82, 2.24) is 0 Å². The van der Waals surface area contributed by atoms with Gasteiger partial charge >= 0.3 is 0 Å². The number of aliphatic hydroxyl groups is 1. The zero-order valence-electron chi connectivity index (χ0n) is 20.5. The van der Waals surface area contributed by atoms with Gasteiger partial charge < -0.3 is 5.11 Å². The van der Waals surface area contributed by atoms with Gasteiger partial charge in [0.2, 0.25) is 0 Å². The lowest BCUT2D eigenvalue weighted by Gasteiger charge is -2.25. The highest BCUT2D eigenvalue weighted by atomic mass is 32.1. The first-order valence-corrected chi connectivity index (χ1v) is 12.4. The van der Waals surface area contributed by atoms with Crippen molar-refractivity contribution in [2.45, 2.75) is 58.9 Å². The summed E-state index contributed by atoms with van der Waals surface area (Å²) in [6.45, 7) is 12.4. The maximum Gasteiger partial charge on any atom is 0.300 e. The smallest absolute Gasteiger partial charge is 0.300 e. The predicted octanol–water partition coefficient (Wildman–Crippen LogP) is 7.10. The molecule has 0 radical (unpaired) electrons. The molecular weight excluding hydrogens is 442 g/mol. The molecule has 4 nitrogen and oxygen atoms in total. The van der Waals surface area contributed by atoms with Crippen molar-refractivity contribution in [3.63, 3.8) is 0 Å². The van der Waals surface area contributed by atoms with Crippen LogP contribution in [0.5, 0.6) is 0 Å². The molecule has 3 aromatic rings. The van der Waals surface area contributed by atoms with Crippen LogP contribution < -0.4 is 4.90 Å². The summed E-state index contributed by atoms with van der Waals surface area (Å²) < 4.78 is 0. The molecular formula is C29H31NO3S. The monoisotopic (exact) mass is 473 g/mol. The van der Waals surface area contributed by atoms with Gasteiger partial charge in [-0.3, -0.25) is 14.5 Å². The standard InChI is InChI=1S/C29H31NO3S/c1-17(2)19-10-13-21(14-11-19)30-25(23-8-7-15-34-23)24(27(32)28(30)33)26(31)22-16-20(29(4,5)6)12-9-18(22)3/h7-17,25,31H,1-6H3/b26-24+. The fourth-order valence-electron chi connectivity index (χ4n) is 4.32. The highest BCUT2D eigenvalue weighted by Crippen LogP contribution is 2.44.